The van der Waals surface area contributed by atoms with Gasteiger partial charge in [0.15, 0.2) is 11.5 Å². The van der Waals surface area contributed by atoms with Crippen molar-refractivity contribution in [3.8, 4) is 34.1 Å². The Morgan fingerprint density at radius 2 is 1.73 bits per heavy atom. The lowest BCUT2D eigenvalue weighted by Crippen LogP contribution is -2.43. The van der Waals surface area contributed by atoms with E-state index in [-0.39, 0.29) is 19.3 Å². The number of ether oxygens (including phenoxy) is 4. The summed E-state index contributed by atoms with van der Waals surface area (Å²) in [7, 11) is 0. The fourth-order valence-electron chi connectivity index (χ4n) is 6.19. The van der Waals surface area contributed by atoms with Crippen molar-refractivity contribution in [1.82, 2.24) is 0 Å². The summed E-state index contributed by atoms with van der Waals surface area (Å²) in [5.74, 6) is 2.57. The number of benzene rings is 4. The van der Waals surface area contributed by atoms with Gasteiger partial charge in [0.1, 0.15) is 30.1 Å². The van der Waals surface area contributed by atoms with Gasteiger partial charge < -0.3 is 23.8 Å². The molecule has 0 aliphatic carbocycles. The van der Waals surface area contributed by atoms with E-state index >= 15 is 0 Å². The van der Waals surface area contributed by atoms with Gasteiger partial charge in [0.05, 0.1) is 5.02 Å². The number of hydrogen-bond acceptors (Lipinski definition) is 5. The highest BCUT2D eigenvalue weighted by atomic mass is 35.5. The Bertz CT molecular complexity index is 1640. The first-order chi connectivity index (χ1) is 20.1. The summed E-state index contributed by atoms with van der Waals surface area (Å²) in [5.41, 5.74) is 4.59. The molecule has 208 valence electrons. The van der Waals surface area contributed by atoms with Crippen LogP contribution in [0.4, 0.5) is 5.69 Å². The number of carbonyl (C=O) groups is 1. The largest absolute Gasteiger partial charge is 0.491 e. The topological polar surface area (TPSA) is 57.2 Å². The number of rotatable bonds is 8. The zero-order valence-electron chi connectivity index (χ0n) is 22.8. The highest BCUT2D eigenvalue weighted by molar-refractivity contribution is 6.32. The summed E-state index contributed by atoms with van der Waals surface area (Å²) < 4.78 is 23.6. The quantitative estimate of drug-likeness (QED) is 0.206. The highest BCUT2D eigenvalue weighted by Crippen LogP contribution is 2.57. The average molecular weight is 568 g/mol. The van der Waals surface area contributed by atoms with Gasteiger partial charge in [-0.3, -0.25) is 4.79 Å². The van der Waals surface area contributed by atoms with Gasteiger partial charge in [-0.2, -0.15) is 0 Å². The monoisotopic (exact) mass is 567 g/mol. The average Bonchev–Trinajstić information content (AvgIpc) is 3.68. The molecule has 0 saturated heterocycles. The van der Waals surface area contributed by atoms with Gasteiger partial charge in [-0.25, -0.2) is 0 Å². The standard InChI is InChI=1S/C34H30ClNO5/c1-2-3-7-15-36-27-12-8-11-24(23-13-14-28(26(35)16-23)38-19-22-9-5-4-6-10-22)32(27)34(33(36)37)20-39-29-18-31-30(17-25(29)34)40-21-41-31/h4-6,8-14,16-18H,2-3,7,15,19-21H2,1H3. The number of carbonyl (C=O) groups excluding carboxylic acids is 1. The molecule has 1 unspecified atom stereocenters. The molecule has 0 radical (unpaired) electrons. The Labute approximate surface area is 244 Å². The van der Waals surface area contributed by atoms with Crippen LogP contribution in [-0.2, 0) is 16.8 Å². The van der Waals surface area contributed by atoms with Crippen LogP contribution in [-0.4, -0.2) is 25.9 Å². The molecule has 7 heteroatoms. The lowest BCUT2D eigenvalue weighted by atomic mass is 9.74. The van der Waals surface area contributed by atoms with E-state index in [1.54, 1.807) is 0 Å². The molecular weight excluding hydrogens is 538 g/mol. The number of unbranched alkanes of at least 4 members (excludes halogenated alkanes) is 2. The third-order valence-electron chi connectivity index (χ3n) is 8.21. The Kier molecular flexibility index (Phi) is 6.51. The predicted molar refractivity (Wildman–Crippen MR) is 158 cm³/mol. The summed E-state index contributed by atoms with van der Waals surface area (Å²) in [5, 5.41) is 0.514. The minimum atomic E-state index is -0.997. The van der Waals surface area contributed by atoms with Crippen molar-refractivity contribution >= 4 is 23.2 Å². The zero-order valence-corrected chi connectivity index (χ0v) is 23.6. The second kappa shape index (κ2) is 10.3. The molecule has 4 aromatic carbocycles. The number of halogens is 1. The molecule has 3 aliphatic rings. The molecule has 1 amide bonds. The number of hydrogen-bond donors (Lipinski definition) is 0. The first-order valence-electron chi connectivity index (χ1n) is 14.1. The molecule has 1 atom stereocenters. The second-order valence-corrected chi connectivity index (χ2v) is 11.1. The summed E-state index contributed by atoms with van der Waals surface area (Å²) in [6, 6.07) is 25.7. The molecule has 0 aromatic heterocycles. The predicted octanol–water partition coefficient (Wildman–Crippen LogP) is 7.53. The van der Waals surface area contributed by atoms with E-state index in [4.69, 9.17) is 30.5 Å². The molecule has 0 bridgehead atoms. The third-order valence-corrected chi connectivity index (χ3v) is 8.51. The fraction of sp³-hybridized carbons (Fsp3) is 0.265. The fourth-order valence-corrected chi connectivity index (χ4v) is 6.42. The summed E-state index contributed by atoms with van der Waals surface area (Å²) in [6.07, 6.45) is 3.06. The summed E-state index contributed by atoms with van der Waals surface area (Å²) in [4.78, 5) is 16.4. The van der Waals surface area contributed by atoms with Gasteiger partial charge in [0, 0.05) is 29.4 Å². The molecular formula is C34H30ClNO5. The van der Waals surface area contributed by atoms with Gasteiger partial charge in [0.25, 0.3) is 0 Å². The van der Waals surface area contributed by atoms with Crippen molar-refractivity contribution in [1.29, 1.82) is 0 Å². The van der Waals surface area contributed by atoms with Crippen molar-refractivity contribution in [3.63, 3.8) is 0 Å². The number of amides is 1. The highest BCUT2D eigenvalue weighted by Gasteiger charge is 2.58. The lowest BCUT2D eigenvalue weighted by Gasteiger charge is -2.24. The van der Waals surface area contributed by atoms with Crippen LogP contribution in [0, 0.1) is 0 Å². The molecule has 1 spiro atoms. The zero-order chi connectivity index (χ0) is 28.0. The Morgan fingerprint density at radius 1 is 0.902 bits per heavy atom. The van der Waals surface area contributed by atoms with Crippen LogP contribution in [0.1, 0.15) is 42.9 Å². The van der Waals surface area contributed by atoms with Crippen molar-refractivity contribution in [2.24, 2.45) is 0 Å². The molecule has 41 heavy (non-hydrogen) atoms. The second-order valence-electron chi connectivity index (χ2n) is 10.7. The maximum absolute atomic E-state index is 14.5. The SMILES string of the molecule is CCCCCN1C(=O)C2(COc3cc4c(cc32)OCO4)c2c(-c3ccc(OCc4ccccc4)c(Cl)c3)cccc21. The van der Waals surface area contributed by atoms with Crippen LogP contribution < -0.4 is 23.8 Å². The molecule has 7 rings (SSSR count). The minimum Gasteiger partial charge on any atom is -0.491 e. The molecule has 6 nitrogen and oxygen atoms in total. The molecule has 0 saturated carbocycles. The van der Waals surface area contributed by atoms with Crippen LogP contribution in [0.15, 0.2) is 78.9 Å². The van der Waals surface area contributed by atoms with E-state index in [0.29, 0.717) is 41.2 Å². The van der Waals surface area contributed by atoms with Crippen LogP contribution in [0.5, 0.6) is 23.0 Å². The number of fused-ring (bicyclic) bond motifs is 5. The smallest absolute Gasteiger partial charge is 0.245 e. The first-order valence-corrected chi connectivity index (χ1v) is 14.5. The molecule has 4 aromatic rings. The summed E-state index contributed by atoms with van der Waals surface area (Å²) >= 11 is 6.78. The van der Waals surface area contributed by atoms with E-state index in [1.807, 2.05) is 77.7 Å². The first kappa shape index (κ1) is 25.8. The molecule has 0 fully saturated rings. The van der Waals surface area contributed by atoms with E-state index in [9.17, 15) is 4.79 Å². The van der Waals surface area contributed by atoms with Crippen molar-refractivity contribution < 1.29 is 23.7 Å². The van der Waals surface area contributed by atoms with Crippen LogP contribution in [0.2, 0.25) is 5.02 Å². The van der Waals surface area contributed by atoms with Crippen LogP contribution in [0.25, 0.3) is 11.1 Å². The van der Waals surface area contributed by atoms with E-state index in [1.165, 1.54) is 0 Å². The number of anilines is 1. The van der Waals surface area contributed by atoms with E-state index < -0.39 is 5.41 Å². The maximum Gasteiger partial charge on any atom is 0.245 e. The Hall–Kier alpha value is -4.16. The van der Waals surface area contributed by atoms with Gasteiger partial charge >= 0.3 is 0 Å². The molecule has 0 N–H and O–H groups in total. The third kappa shape index (κ3) is 4.20. The minimum absolute atomic E-state index is 0.0302. The molecule has 3 heterocycles. The molecule has 3 aliphatic heterocycles. The van der Waals surface area contributed by atoms with Gasteiger partial charge in [-0.1, -0.05) is 79.9 Å². The maximum atomic E-state index is 14.5. The normalized spacial score (nSPS) is 18.0. The van der Waals surface area contributed by atoms with E-state index in [2.05, 4.69) is 13.0 Å². The Balaban J connectivity index is 1.32. The van der Waals surface area contributed by atoms with Crippen molar-refractivity contribution in [2.45, 2.75) is 38.2 Å². The van der Waals surface area contributed by atoms with Crippen LogP contribution >= 0.6 is 11.6 Å². The van der Waals surface area contributed by atoms with Crippen molar-refractivity contribution in [2.75, 3.05) is 24.8 Å². The van der Waals surface area contributed by atoms with Gasteiger partial charge in [0.2, 0.25) is 12.7 Å². The van der Waals surface area contributed by atoms with Crippen LogP contribution in [0.3, 0.4) is 0 Å². The van der Waals surface area contributed by atoms with E-state index in [0.717, 1.165) is 52.8 Å². The number of nitrogens with zero attached hydrogens (tertiary/aromatic N) is 1. The van der Waals surface area contributed by atoms with Crippen molar-refractivity contribution in [3.05, 3.63) is 101 Å². The van der Waals surface area contributed by atoms with Gasteiger partial charge in [-0.15, -0.1) is 0 Å². The lowest BCUT2D eigenvalue weighted by molar-refractivity contribution is -0.122. The van der Waals surface area contributed by atoms with Gasteiger partial charge in [-0.05, 0) is 47.4 Å². The Morgan fingerprint density at radius 3 is 2.54 bits per heavy atom. The summed E-state index contributed by atoms with van der Waals surface area (Å²) in [6.45, 7) is 3.61.